The first-order chi connectivity index (χ1) is 22.0. The van der Waals surface area contributed by atoms with Crippen LogP contribution in [0.15, 0.2) is 102 Å². The Morgan fingerprint density at radius 3 is 2.24 bits per heavy atom. The number of carbonyl (C=O) groups is 2. The molecule has 7 nitrogen and oxygen atoms in total. The highest BCUT2D eigenvalue weighted by atomic mass is 35.5. The second-order valence-electron chi connectivity index (χ2n) is 10.9. The lowest BCUT2D eigenvalue weighted by molar-refractivity contribution is -0.140. The SMILES string of the molecule is CCCCNC(=O)C(Cc1ccccc1)N(Cc1ccc(Cl)cc1Cl)C(=O)CN(c1ccccc1F)S(=O)(=O)c1ccc(C)cc1. The van der Waals surface area contributed by atoms with Gasteiger partial charge in [-0.05, 0) is 60.9 Å². The molecule has 1 unspecified atom stereocenters. The van der Waals surface area contributed by atoms with Gasteiger partial charge in [0.25, 0.3) is 10.0 Å². The third kappa shape index (κ3) is 8.87. The van der Waals surface area contributed by atoms with Gasteiger partial charge in [-0.15, -0.1) is 0 Å². The molecule has 4 rings (SSSR count). The Labute approximate surface area is 280 Å². The maximum absolute atomic E-state index is 15.3. The number of halogens is 3. The van der Waals surface area contributed by atoms with Crippen LogP contribution in [-0.2, 0) is 32.6 Å². The van der Waals surface area contributed by atoms with E-state index in [0.29, 0.717) is 17.1 Å². The molecule has 0 aliphatic rings. The van der Waals surface area contributed by atoms with E-state index in [1.54, 1.807) is 24.3 Å². The maximum atomic E-state index is 15.3. The summed E-state index contributed by atoms with van der Waals surface area (Å²) < 4.78 is 44.1. The Bertz CT molecular complexity index is 1760. The van der Waals surface area contributed by atoms with Gasteiger partial charge in [-0.25, -0.2) is 12.8 Å². The van der Waals surface area contributed by atoms with E-state index in [9.17, 15) is 18.0 Å². The number of hydrogen-bond donors (Lipinski definition) is 1. The van der Waals surface area contributed by atoms with Gasteiger partial charge in [0.15, 0.2) is 0 Å². The topological polar surface area (TPSA) is 86.8 Å². The molecule has 2 amide bonds. The average Bonchev–Trinajstić information content (AvgIpc) is 3.03. The van der Waals surface area contributed by atoms with Gasteiger partial charge in [0, 0.05) is 29.6 Å². The van der Waals surface area contributed by atoms with Crippen LogP contribution < -0.4 is 9.62 Å². The summed E-state index contributed by atoms with van der Waals surface area (Å²) in [4.78, 5) is 29.5. The number of nitrogens with zero attached hydrogens (tertiary/aromatic N) is 2. The Kier molecular flexibility index (Phi) is 12.2. The van der Waals surface area contributed by atoms with E-state index >= 15 is 4.39 Å². The zero-order valence-electron chi connectivity index (χ0n) is 25.6. The van der Waals surface area contributed by atoms with Gasteiger partial charge < -0.3 is 10.2 Å². The smallest absolute Gasteiger partial charge is 0.264 e. The normalized spacial score (nSPS) is 11.9. The number of nitrogens with one attached hydrogen (secondary N) is 1. The summed E-state index contributed by atoms with van der Waals surface area (Å²) in [5.74, 6) is -1.96. The lowest BCUT2D eigenvalue weighted by Gasteiger charge is -2.34. The van der Waals surface area contributed by atoms with Crippen LogP contribution in [0.25, 0.3) is 0 Å². The van der Waals surface area contributed by atoms with E-state index < -0.39 is 40.2 Å². The molecule has 11 heteroatoms. The van der Waals surface area contributed by atoms with Gasteiger partial charge in [0.05, 0.1) is 10.6 Å². The van der Waals surface area contributed by atoms with Gasteiger partial charge in [0.2, 0.25) is 11.8 Å². The minimum absolute atomic E-state index is 0.111. The van der Waals surface area contributed by atoms with Crippen LogP contribution in [0.1, 0.15) is 36.5 Å². The summed E-state index contributed by atoms with van der Waals surface area (Å²) in [6.07, 6.45) is 1.72. The highest BCUT2D eigenvalue weighted by molar-refractivity contribution is 7.92. The number of aryl methyl sites for hydroxylation is 1. The van der Waals surface area contributed by atoms with Gasteiger partial charge in [-0.3, -0.25) is 13.9 Å². The second-order valence-corrected chi connectivity index (χ2v) is 13.6. The number of carbonyl (C=O) groups excluding carboxylic acids is 2. The molecule has 0 fully saturated rings. The minimum Gasteiger partial charge on any atom is -0.354 e. The van der Waals surface area contributed by atoms with E-state index in [1.165, 1.54) is 41.3 Å². The molecule has 0 saturated heterocycles. The maximum Gasteiger partial charge on any atom is 0.264 e. The monoisotopic (exact) mass is 683 g/mol. The fraction of sp³-hybridized carbons (Fsp3) is 0.257. The van der Waals surface area contributed by atoms with Crippen molar-refractivity contribution in [1.82, 2.24) is 10.2 Å². The van der Waals surface area contributed by atoms with E-state index in [2.05, 4.69) is 5.32 Å². The number of unbranched alkanes of at least 4 members (excludes halogenated alkanes) is 1. The third-order valence-corrected chi connectivity index (χ3v) is 9.83. The van der Waals surface area contributed by atoms with Crippen LogP contribution in [0.3, 0.4) is 0 Å². The summed E-state index contributed by atoms with van der Waals surface area (Å²) in [6.45, 7) is 3.29. The summed E-state index contributed by atoms with van der Waals surface area (Å²) >= 11 is 12.7. The van der Waals surface area contributed by atoms with Gasteiger partial charge in [0.1, 0.15) is 18.4 Å². The number of anilines is 1. The summed E-state index contributed by atoms with van der Waals surface area (Å²) in [5, 5.41) is 3.59. The highest BCUT2D eigenvalue weighted by Crippen LogP contribution is 2.28. The highest BCUT2D eigenvalue weighted by Gasteiger charge is 2.35. The summed E-state index contributed by atoms with van der Waals surface area (Å²) in [7, 11) is -4.43. The van der Waals surface area contributed by atoms with E-state index in [0.717, 1.165) is 34.3 Å². The molecule has 0 aliphatic heterocycles. The molecule has 0 heterocycles. The number of hydrogen-bond acceptors (Lipinski definition) is 4. The molecule has 4 aromatic rings. The van der Waals surface area contributed by atoms with Gasteiger partial charge in [-0.2, -0.15) is 0 Å². The van der Waals surface area contributed by atoms with Crippen LogP contribution in [-0.4, -0.2) is 44.3 Å². The molecule has 242 valence electrons. The van der Waals surface area contributed by atoms with Crippen molar-refractivity contribution in [2.24, 2.45) is 0 Å². The fourth-order valence-corrected chi connectivity index (χ4v) is 6.79. The number of rotatable bonds is 14. The van der Waals surface area contributed by atoms with Gasteiger partial charge in [-0.1, -0.05) is 103 Å². The van der Waals surface area contributed by atoms with Crippen molar-refractivity contribution in [2.75, 3.05) is 17.4 Å². The summed E-state index contributed by atoms with van der Waals surface area (Å²) in [5.41, 5.74) is 1.82. The zero-order valence-corrected chi connectivity index (χ0v) is 28.0. The molecule has 0 radical (unpaired) electrons. The Morgan fingerprint density at radius 2 is 1.59 bits per heavy atom. The zero-order chi connectivity index (χ0) is 33.3. The van der Waals surface area contributed by atoms with Crippen molar-refractivity contribution < 1.29 is 22.4 Å². The van der Waals surface area contributed by atoms with Crippen LogP contribution >= 0.6 is 23.2 Å². The van der Waals surface area contributed by atoms with Crippen LogP contribution in [0.2, 0.25) is 10.0 Å². The van der Waals surface area contributed by atoms with E-state index in [4.69, 9.17) is 23.2 Å². The third-order valence-electron chi connectivity index (χ3n) is 7.47. The Balaban J connectivity index is 1.82. The molecule has 0 aliphatic carbocycles. The molecule has 0 bridgehead atoms. The second kappa shape index (κ2) is 16.1. The average molecular weight is 685 g/mol. The first kappa shape index (κ1) is 34.9. The summed E-state index contributed by atoms with van der Waals surface area (Å²) in [6, 6.07) is 24.4. The molecule has 0 spiro atoms. The Morgan fingerprint density at radius 1 is 0.913 bits per heavy atom. The number of amides is 2. The predicted octanol–water partition coefficient (Wildman–Crippen LogP) is 7.19. The van der Waals surface area contributed by atoms with Crippen molar-refractivity contribution in [3.05, 3.63) is 130 Å². The molecule has 46 heavy (non-hydrogen) atoms. The lowest BCUT2D eigenvalue weighted by Crippen LogP contribution is -2.53. The van der Waals surface area contributed by atoms with Crippen molar-refractivity contribution >= 4 is 50.7 Å². The molecule has 1 N–H and O–H groups in total. The van der Waals surface area contributed by atoms with E-state index in [-0.39, 0.29) is 28.6 Å². The first-order valence-electron chi connectivity index (χ1n) is 14.9. The van der Waals surface area contributed by atoms with Crippen molar-refractivity contribution in [1.29, 1.82) is 0 Å². The number of para-hydroxylation sites is 1. The molecule has 0 saturated carbocycles. The van der Waals surface area contributed by atoms with Crippen molar-refractivity contribution in [3.63, 3.8) is 0 Å². The van der Waals surface area contributed by atoms with Crippen LogP contribution in [0.5, 0.6) is 0 Å². The Hall–Kier alpha value is -3.92. The first-order valence-corrected chi connectivity index (χ1v) is 17.1. The van der Waals surface area contributed by atoms with Crippen molar-refractivity contribution in [2.45, 2.75) is 50.6 Å². The molecular formula is C35H36Cl2FN3O4S. The largest absolute Gasteiger partial charge is 0.354 e. The molecule has 0 aromatic heterocycles. The van der Waals surface area contributed by atoms with Crippen LogP contribution in [0, 0.1) is 12.7 Å². The lowest BCUT2D eigenvalue weighted by atomic mass is 10.0. The minimum atomic E-state index is -4.43. The molecule has 1 atom stereocenters. The van der Waals surface area contributed by atoms with Crippen molar-refractivity contribution in [3.8, 4) is 0 Å². The quantitative estimate of drug-likeness (QED) is 0.143. The standard InChI is InChI=1S/C35H36Cl2FN3O4S/c1-3-4-20-39-35(43)33(21-26-10-6-5-7-11-26)40(23-27-16-17-28(36)22-30(27)37)34(42)24-41(32-13-9-8-12-31(32)38)46(44,45)29-18-14-25(2)15-19-29/h5-19,22,33H,3-4,20-21,23-24H2,1-2H3,(H,39,43). The molecule has 4 aromatic carbocycles. The van der Waals surface area contributed by atoms with Gasteiger partial charge >= 0.3 is 0 Å². The molecular weight excluding hydrogens is 648 g/mol. The number of benzene rings is 4. The number of sulfonamides is 1. The fourth-order valence-electron chi connectivity index (χ4n) is 4.90. The van der Waals surface area contributed by atoms with Crippen LogP contribution in [0.4, 0.5) is 10.1 Å². The van der Waals surface area contributed by atoms with E-state index in [1.807, 2.05) is 44.2 Å². The predicted molar refractivity (Wildman–Crippen MR) is 181 cm³/mol.